The number of nitrogens with one attached hydrogen (secondary N) is 1. The van der Waals surface area contributed by atoms with Crippen molar-refractivity contribution in [3.63, 3.8) is 0 Å². The van der Waals surface area contributed by atoms with Crippen LogP contribution in [0.15, 0.2) is 79.0 Å². The van der Waals surface area contributed by atoms with Gasteiger partial charge in [-0.05, 0) is 61.7 Å². The lowest BCUT2D eigenvalue weighted by Gasteiger charge is -2.24. The highest BCUT2D eigenvalue weighted by molar-refractivity contribution is 6.30. The zero-order valence-corrected chi connectivity index (χ0v) is 29.2. The normalized spacial score (nSPS) is 12.5. The minimum atomic E-state index is -4.90. The number of hydrogen-bond acceptors (Lipinski definition) is 11. The largest absolute Gasteiger partial charge is 0.465 e. The minimum Gasteiger partial charge on any atom is -0.465 e. The second kappa shape index (κ2) is 16.1. The van der Waals surface area contributed by atoms with E-state index in [-0.39, 0.29) is 45.6 Å². The van der Waals surface area contributed by atoms with Gasteiger partial charge in [-0.3, -0.25) is 9.59 Å². The molecule has 0 bridgehead atoms. The lowest BCUT2D eigenvalue weighted by atomic mass is 9.87. The number of rotatable bonds is 12. The molecule has 0 saturated heterocycles. The van der Waals surface area contributed by atoms with Gasteiger partial charge in [-0.2, -0.15) is 29.2 Å². The third-order valence-corrected chi connectivity index (χ3v) is 8.18. The van der Waals surface area contributed by atoms with Gasteiger partial charge in [-0.25, -0.2) is 14.5 Å². The van der Waals surface area contributed by atoms with Crippen LogP contribution < -0.4 is 21.7 Å². The lowest BCUT2D eigenvalue weighted by Crippen LogP contribution is -2.32. The third-order valence-electron chi connectivity index (χ3n) is 7.94. The molecule has 0 aliphatic rings. The maximum Gasteiger partial charge on any atom is 0.429 e. The van der Waals surface area contributed by atoms with Crippen molar-refractivity contribution in [1.29, 1.82) is 0 Å². The molecular weight excluding hydrogens is 719 g/mol. The van der Waals surface area contributed by atoms with Crippen LogP contribution in [-0.2, 0) is 19.2 Å². The van der Waals surface area contributed by atoms with E-state index in [1.54, 1.807) is 56.3 Å². The van der Waals surface area contributed by atoms with Gasteiger partial charge in [0.05, 0.1) is 29.6 Å². The van der Waals surface area contributed by atoms with Gasteiger partial charge in [0.25, 0.3) is 5.91 Å². The number of nitrogens with two attached hydrogens (primary N) is 2. The molecule has 5 aromatic rings. The third kappa shape index (κ3) is 8.91. The number of alkyl halides is 3. The molecule has 0 spiro atoms. The van der Waals surface area contributed by atoms with Gasteiger partial charge >= 0.3 is 18.1 Å². The van der Waals surface area contributed by atoms with Crippen LogP contribution in [0.2, 0.25) is 5.02 Å². The van der Waals surface area contributed by atoms with Crippen molar-refractivity contribution in [2.75, 3.05) is 18.9 Å². The van der Waals surface area contributed by atoms with E-state index in [0.29, 0.717) is 22.4 Å². The van der Waals surface area contributed by atoms with E-state index in [1.807, 2.05) is 0 Å². The van der Waals surface area contributed by atoms with E-state index < -0.39 is 48.5 Å². The van der Waals surface area contributed by atoms with Crippen molar-refractivity contribution < 1.29 is 41.9 Å². The highest BCUT2D eigenvalue weighted by Gasteiger charge is 2.45. The molecule has 17 heteroatoms. The number of carbonyl (C=O) groups is 3. The van der Waals surface area contributed by atoms with Crippen molar-refractivity contribution in [2.45, 2.75) is 39.0 Å². The van der Waals surface area contributed by atoms with E-state index >= 15 is 0 Å². The summed E-state index contributed by atoms with van der Waals surface area (Å²) in [6.45, 7) is 4.56. The molecule has 2 atom stereocenters. The van der Waals surface area contributed by atoms with Crippen LogP contribution in [0.4, 0.5) is 19.1 Å². The summed E-state index contributed by atoms with van der Waals surface area (Å²) in [6.07, 6.45) is -5.89. The highest BCUT2D eigenvalue weighted by Crippen LogP contribution is 2.40. The van der Waals surface area contributed by atoms with Crippen molar-refractivity contribution >= 4 is 35.4 Å². The van der Waals surface area contributed by atoms with E-state index in [9.17, 15) is 27.6 Å². The Bertz CT molecular complexity index is 2140. The van der Waals surface area contributed by atoms with Gasteiger partial charge < -0.3 is 25.4 Å². The number of hydrogen-bond donors (Lipinski definition) is 3. The Balaban J connectivity index is 1.49. The van der Waals surface area contributed by atoms with E-state index in [2.05, 4.69) is 25.2 Å². The van der Waals surface area contributed by atoms with Gasteiger partial charge in [-0.1, -0.05) is 54.1 Å². The summed E-state index contributed by atoms with van der Waals surface area (Å²) < 4.78 is 55.5. The Morgan fingerprint density at radius 2 is 1.72 bits per heavy atom. The van der Waals surface area contributed by atoms with Gasteiger partial charge in [-0.15, -0.1) is 0 Å². The molecule has 13 nitrogen and oxygen atoms in total. The number of aryl methyl sites for hydroxylation is 1. The van der Waals surface area contributed by atoms with Gasteiger partial charge in [0.15, 0.2) is 0 Å². The summed E-state index contributed by atoms with van der Waals surface area (Å²) in [6, 6.07) is 18.0. The van der Waals surface area contributed by atoms with Crippen LogP contribution in [0.25, 0.3) is 28.1 Å². The summed E-state index contributed by atoms with van der Waals surface area (Å²) in [5, 5.41) is 6.92. The van der Waals surface area contributed by atoms with Gasteiger partial charge in [0.1, 0.15) is 6.54 Å². The van der Waals surface area contributed by atoms with Crippen LogP contribution in [0.1, 0.15) is 53.0 Å². The SMILES string of the molecule is CCOC(=O)CNC(=O)c1cccc(-c2ccc(-c3cc(O[C@H](c4ccc(Cl)cc4-n4ccc(C)n4)C(F)(F)F)nc(N)n3)cc2)c1C(C)C(=O)ON. The second-order valence-corrected chi connectivity index (χ2v) is 12.0. The average Bonchev–Trinajstić information content (AvgIpc) is 3.57. The van der Waals surface area contributed by atoms with Crippen LogP contribution in [-0.4, -0.2) is 56.9 Å². The fourth-order valence-electron chi connectivity index (χ4n) is 5.55. The van der Waals surface area contributed by atoms with Crippen molar-refractivity contribution in [3.8, 4) is 34.0 Å². The number of halogens is 4. The van der Waals surface area contributed by atoms with E-state index in [1.165, 1.54) is 48.1 Å². The predicted molar refractivity (Wildman–Crippen MR) is 188 cm³/mol. The molecule has 0 aliphatic carbocycles. The summed E-state index contributed by atoms with van der Waals surface area (Å²) >= 11 is 6.15. The quantitative estimate of drug-likeness (QED) is 0.0997. The molecule has 0 saturated carbocycles. The highest BCUT2D eigenvalue weighted by atomic mass is 35.5. The summed E-state index contributed by atoms with van der Waals surface area (Å²) in [4.78, 5) is 50.2. The Morgan fingerprint density at radius 3 is 2.36 bits per heavy atom. The molecule has 2 aromatic heterocycles. The summed E-state index contributed by atoms with van der Waals surface area (Å²) in [7, 11) is 0. The molecule has 53 heavy (non-hydrogen) atoms. The smallest absolute Gasteiger partial charge is 0.429 e. The monoisotopic (exact) mass is 751 g/mol. The number of benzene rings is 3. The van der Waals surface area contributed by atoms with Crippen LogP contribution in [0, 0.1) is 6.92 Å². The number of nitrogens with zero attached hydrogens (tertiary/aromatic N) is 4. The number of amides is 1. The second-order valence-electron chi connectivity index (χ2n) is 11.6. The number of esters is 1. The maximum atomic E-state index is 14.6. The van der Waals surface area contributed by atoms with Crippen molar-refractivity contribution in [3.05, 3.63) is 106 Å². The van der Waals surface area contributed by atoms with Crippen LogP contribution in [0.3, 0.4) is 0 Å². The average molecular weight is 752 g/mol. The molecule has 1 amide bonds. The number of anilines is 1. The standard InChI is InChI=1S/C36H33ClF3N7O6/c1-4-51-30(48)18-43-33(49)26-7-5-6-24(31(26)20(3)34(50)53-42)21-8-10-22(11-9-21)27-17-29(45-35(41)44-27)52-32(36(38,39)40)25-13-12-23(37)16-28(25)47-15-14-19(2)46-47/h5-17,20,32H,4,18,42H2,1-3H3,(H,43,49)(H2,41,44,45)/t20?,32-/m1/s1. The Hall–Kier alpha value is -6.00. The first-order valence-electron chi connectivity index (χ1n) is 16.0. The number of aromatic nitrogens is 4. The molecule has 0 aliphatic heterocycles. The molecule has 3 aromatic carbocycles. The minimum absolute atomic E-state index is 0.0553. The maximum absolute atomic E-state index is 14.6. The molecule has 5 N–H and O–H groups in total. The molecule has 2 heterocycles. The molecule has 0 radical (unpaired) electrons. The summed E-state index contributed by atoms with van der Waals surface area (Å²) in [5.74, 6) is 1.26. The van der Waals surface area contributed by atoms with Crippen LogP contribution in [0.5, 0.6) is 5.88 Å². The molecule has 276 valence electrons. The number of carbonyl (C=O) groups excluding carboxylic acids is 3. The first-order valence-corrected chi connectivity index (χ1v) is 16.4. The van der Waals surface area contributed by atoms with Gasteiger partial charge in [0, 0.05) is 34.0 Å². The Morgan fingerprint density at radius 1 is 1.00 bits per heavy atom. The predicted octanol–water partition coefficient (Wildman–Crippen LogP) is 6.04. The molecular formula is C36H33ClF3N7O6. The van der Waals surface area contributed by atoms with E-state index in [4.69, 9.17) is 32.7 Å². The van der Waals surface area contributed by atoms with Crippen molar-refractivity contribution in [2.24, 2.45) is 5.90 Å². The van der Waals surface area contributed by atoms with E-state index in [0.717, 1.165) is 0 Å². The first kappa shape index (κ1) is 38.2. The molecule has 1 unspecified atom stereocenters. The topological polar surface area (TPSA) is 187 Å². The Kier molecular flexibility index (Phi) is 11.6. The fraction of sp³-hybridized carbons (Fsp3) is 0.222. The Labute approximate surface area is 306 Å². The zero-order chi connectivity index (χ0) is 38.4. The fourth-order valence-corrected chi connectivity index (χ4v) is 5.71. The number of ether oxygens (including phenoxy) is 2. The number of nitrogen functional groups attached to an aromatic ring is 1. The lowest BCUT2D eigenvalue weighted by molar-refractivity contribution is -0.198. The van der Waals surface area contributed by atoms with Crippen LogP contribution >= 0.6 is 11.6 Å². The molecule has 5 rings (SSSR count). The first-order chi connectivity index (χ1) is 25.2. The van der Waals surface area contributed by atoms with Gasteiger partial charge in [0.2, 0.25) is 17.9 Å². The molecule has 0 fully saturated rings. The summed E-state index contributed by atoms with van der Waals surface area (Å²) in [5.41, 5.74) is 8.24. The van der Waals surface area contributed by atoms with Crippen molar-refractivity contribution in [1.82, 2.24) is 25.1 Å². The zero-order valence-electron chi connectivity index (χ0n) is 28.5.